The molecule has 0 aliphatic carbocycles. The van der Waals surface area contributed by atoms with Gasteiger partial charge in [0, 0.05) is 5.33 Å². The van der Waals surface area contributed by atoms with Crippen molar-refractivity contribution in [3.8, 4) is 0 Å². The lowest BCUT2D eigenvalue weighted by Gasteiger charge is -2.00. The van der Waals surface area contributed by atoms with Gasteiger partial charge in [-0.05, 0) is 41.5 Å². The Hall–Kier alpha value is -1.16. The molecule has 0 amide bonds. The summed E-state index contributed by atoms with van der Waals surface area (Å²) >= 11 is 3.15. The van der Waals surface area contributed by atoms with Crippen LogP contribution in [0.15, 0.2) is 60.7 Å². The van der Waals surface area contributed by atoms with Gasteiger partial charge in [-0.3, -0.25) is 0 Å². The topological polar surface area (TPSA) is 29.3 Å². The Kier molecular flexibility index (Phi) is 27.8. The highest BCUT2D eigenvalue weighted by atomic mass is 79.9. The third kappa shape index (κ3) is 28.9. The maximum atomic E-state index is 4.50. The first-order valence-electron chi connectivity index (χ1n) is 8.29. The van der Waals surface area contributed by atoms with E-state index in [1.54, 1.807) is 0 Å². The minimum atomic E-state index is 1.06. The lowest BCUT2D eigenvalue weighted by molar-refractivity contribution is 0.434. The fourth-order valence-corrected chi connectivity index (χ4v) is 1.07. The van der Waals surface area contributed by atoms with E-state index in [1.807, 2.05) is 43.3 Å². The van der Waals surface area contributed by atoms with Gasteiger partial charge in [0.25, 0.3) is 0 Å². The van der Waals surface area contributed by atoms with Crippen molar-refractivity contribution in [1.29, 1.82) is 0 Å². The minimum Gasteiger partial charge on any atom is -0.333 e. The van der Waals surface area contributed by atoms with Crippen LogP contribution in [0.1, 0.15) is 25.0 Å². The second kappa shape index (κ2) is 24.1. The highest BCUT2D eigenvalue weighted by Crippen LogP contribution is 1.92. The molecule has 0 radical (unpaired) electrons. The van der Waals surface area contributed by atoms with E-state index in [2.05, 4.69) is 85.7 Å². The van der Waals surface area contributed by atoms with Crippen LogP contribution in [-0.2, 0) is 0 Å². The second-order valence-corrected chi connectivity index (χ2v) is 6.09. The van der Waals surface area contributed by atoms with E-state index in [9.17, 15) is 0 Å². The molecule has 0 unspecified atom stereocenters. The van der Waals surface area contributed by atoms with Crippen LogP contribution >= 0.6 is 15.9 Å². The van der Waals surface area contributed by atoms with Crippen LogP contribution < -0.4 is 5.73 Å². The van der Waals surface area contributed by atoms with Gasteiger partial charge in [-0.25, -0.2) is 0 Å². The Morgan fingerprint density at radius 2 is 0.958 bits per heavy atom. The van der Waals surface area contributed by atoms with Crippen LogP contribution in [0.3, 0.4) is 0 Å². The normalized spacial score (nSPS) is 8.08. The second-order valence-electron chi connectivity index (χ2n) is 4.97. The highest BCUT2D eigenvalue weighted by molar-refractivity contribution is 9.09. The summed E-state index contributed by atoms with van der Waals surface area (Å²) in [5.74, 6) is 0. The zero-order valence-electron chi connectivity index (χ0n) is 16.6. The predicted molar refractivity (Wildman–Crippen MR) is 116 cm³/mol. The molecule has 0 heterocycles. The van der Waals surface area contributed by atoms with Crippen LogP contribution in [0, 0.1) is 13.8 Å². The van der Waals surface area contributed by atoms with Gasteiger partial charge < -0.3 is 10.6 Å². The van der Waals surface area contributed by atoms with Gasteiger partial charge >= 0.3 is 0 Å². The van der Waals surface area contributed by atoms with Crippen LogP contribution in [-0.4, -0.2) is 37.9 Å². The molecule has 0 saturated heterocycles. The molecule has 0 aliphatic heterocycles. The number of benzene rings is 2. The van der Waals surface area contributed by atoms with E-state index in [4.69, 9.17) is 0 Å². The SMILES string of the molecule is CCBr.CCN(C)C.CN.Cc1ccccc1.Cc1ccccc1. The fraction of sp³-hybridized carbons (Fsp3) is 0.429. The number of hydrogen-bond acceptors (Lipinski definition) is 2. The van der Waals surface area contributed by atoms with E-state index in [0.717, 1.165) is 11.9 Å². The largest absolute Gasteiger partial charge is 0.333 e. The molecule has 2 aromatic carbocycles. The van der Waals surface area contributed by atoms with Gasteiger partial charge in [0.2, 0.25) is 0 Å². The number of alkyl halides is 1. The zero-order chi connectivity index (χ0) is 19.2. The Labute approximate surface area is 159 Å². The van der Waals surface area contributed by atoms with Crippen molar-refractivity contribution in [2.24, 2.45) is 5.73 Å². The molecule has 0 atom stereocenters. The molecule has 2 rings (SSSR count). The molecular formula is C21H37BrN2. The molecule has 0 aliphatic rings. The lowest BCUT2D eigenvalue weighted by atomic mass is 10.2. The van der Waals surface area contributed by atoms with Gasteiger partial charge in [0.05, 0.1) is 0 Å². The zero-order valence-corrected chi connectivity index (χ0v) is 18.2. The van der Waals surface area contributed by atoms with E-state index < -0.39 is 0 Å². The van der Waals surface area contributed by atoms with E-state index in [1.165, 1.54) is 18.2 Å². The summed E-state index contributed by atoms with van der Waals surface area (Å²) < 4.78 is 0. The predicted octanol–water partition coefficient (Wildman–Crippen LogP) is 5.53. The number of rotatable bonds is 1. The first-order valence-corrected chi connectivity index (χ1v) is 9.41. The Morgan fingerprint density at radius 3 is 1.04 bits per heavy atom. The summed E-state index contributed by atoms with van der Waals surface area (Å²) in [7, 11) is 5.61. The van der Waals surface area contributed by atoms with Crippen molar-refractivity contribution in [2.75, 3.05) is 33.0 Å². The van der Waals surface area contributed by atoms with Crippen LogP contribution in [0.2, 0.25) is 0 Å². The molecule has 0 aromatic heterocycles. The third-order valence-corrected chi connectivity index (χ3v) is 2.51. The van der Waals surface area contributed by atoms with E-state index in [0.29, 0.717) is 0 Å². The molecule has 0 fully saturated rings. The summed E-state index contributed by atoms with van der Waals surface area (Å²) in [5.41, 5.74) is 7.14. The minimum absolute atomic E-state index is 1.06. The summed E-state index contributed by atoms with van der Waals surface area (Å²) in [6.45, 7) is 9.47. The summed E-state index contributed by atoms with van der Waals surface area (Å²) in [4.78, 5) is 2.12. The van der Waals surface area contributed by atoms with Crippen LogP contribution in [0.4, 0.5) is 0 Å². The number of halogens is 1. The Balaban J connectivity index is -0.000000247. The van der Waals surface area contributed by atoms with E-state index >= 15 is 0 Å². The maximum absolute atomic E-state index is 4.50. The molecule has 2 nitrogen and oxygen atoms in total. The Bertz CT molecular complexity index is 379. The molecule has 0 saturated carbocycles. The monoisotopic (exact) mass is 396 g/mol. The van der Waals surface area contributed by atoms with Crippen molar-refractivity contribution in [1.82, 2.24) is 4.90 Å². The van der Waals surface area contributed by atoms with Crippen LogP contribution in [0.25, 0.3) is 0 Å². The smallest absolute Gasteiger partial charge is 0.000281 e. The average Bonchev–Trinajstić information content (AvgIpc) is 2.60. The summed E-state index contributed by atoms with van der Waals surface area (Å²) in [6, 6.07) is 20.5. The number of hydrogen-bond donors (Lipinski definition) is 1. The van der Waals surface area contributed by atoms with Crippen LogP contribution in [0.5, 0.6) is 0 Å². The lowest BCUT2D eigenvalue weighted by Crippen LogP contribution is -2.08. The highest BCUT2D eigenvalue weighted by Gasteiger charge is 1.73. The molecule has 2 aromatic rings. The molecule has 3 heteroatoms. The van der Waals surface area contributed by atoms with Crippen molar-refractivity contribution >= 4 is 15.9 Å². The number of aryl methyl sites for hydroxylation is 2. The first-order chi connectivity index (χ1) is 11.5. The summed E-state index contributed by atoms with van der Waals surface area (Å²) in [6.07, 6.45) is 0. The van der Waals surface area contributed by atoms with Gasteiger partial charge in [-0.2, -0.15) is 0 Å². The van der Waals surface area contributed by atoms with E-state index in [-0.39, 0.29) is 0 Å². The van der Waals surface area contributed by atoms with Gasteiger partial charge in [0.1, 0.15) is 0 Å². The van der Waals surface area contributed by atoms with Gasteiger partial charge in [-0.15, -0.1) is 0 Å². The maximum Gasteiger partial charge on any atom is 0.000281 e. The molecule has 0 bridgehead atoms. The number of nitrogens with zero attached hydrogens (tertiary/aromatic N) is 1. The first kappa shape index (κ1) is 27.7. The summed E-state index contributed by atoms with van der Waals surface area (Å²) in [5, 5.41) is 1.06. The molecule has 24 heavy (non-hydrogen) atoms. The molecule has 2 N–H and O–H groups in total. The molecule has 138 valence electrons. The molecule has 0 spiro atoms. The fourth-order valence-electron chi connectivity index (χ4n) is 1.07. The third-order valence-electron chi connectivity index (χ3n) is 2.51. The van der Waals surface area contributed by atoms with Gasteiger partial charge in [0.15, 0.2) is 0 Å². The Morgan fingerprint density at radius 1 is 0.750 bits per heavy atom. The average molecular weight is 397 g/mol. The van der Waals surface area contributed by atoms with Crippen molar-refractivity contribution in [3.63, 3.8) is 0 Å². The quantitative estimate of drug-likeness (QED) is 0.641. The van der Waals surface area contributed by atoms with Crippen molar-refractivity contribution in [2.45, 2.75) is 27.7 Å². The number of nitrogens with two attached hydrogens (primary N) is 1. The molecular weight excluding hydrogens is 360 g/mol. The van der Waals surface area contributed by atoms with Gasteiger partial charge in [-0.1, -0.05) is 102 Å². The standard InChI is InChI=1S/2C7H8.C4H11N.C2H5Br.CH5N/c2*1-7-5-3-2-4-6-7;1-4-5(2)3;1-2-3;1-2/h2*2-6H,1H3;4H2,1-3H3;2H2,1H3;2H2,1H3. The van der Waals surface area contributed by atoms with Crippen molar-refractivity contribution < 1.29 is 0 Å². The van der Waals surface area contributed by atoms with Crippen molar-refractivity contribution in [3.05, 3.63) is 71.8 Å².